The number of halogens is 1. The number of fused-ring (bicyclic) bond motifs is 1. The van der Waals surface area contributed by atoms with E-state index in [2.05, 4.69) is 30.5 Å². The molecule has 166 valence electrons. The first-order valence-electron chi connectivity index (χ1n) is 9.71. The predicted molar refractivity (Wildman–Crippen MR) is 121 cm³/mol. The van der Waals surface area contributed by atoms with Crippen molar-refractivity contribution in [1.82, 2.24) is 25.1 Å². The minimum absolute atomic E-state index is 0.0135. The molecule has 0 saturated carbocycles. The van der Waals surface area contributed by atoms with Gasteiger partial charge in [-0.2, -0.15) is 10.1 Å². The summed E-state index contributed by atoms with van der Waals surface area (Å²) in [6.07, 6.45) is 2.58. The van der Waals surface area contributed by atoms with Crippen molar-refractivity contribution in [1.29, 1.82) is 0 Å². The van der Waals surface area contributed by atoms with E-state index in [0.717, 1.165) is 11.8 Å². The molecule has 0 bridgehead atoms. The fraction of sp³-hybridized carbons (Fsp3) is 0.238. The van der Waals surface area contributed by atoms with Gasteiger partial charge in [-0.3, -0.25) is 5.10 Å². The fourth-order valence-corrected chi connectivity index (χ4v) is 4.53. The number of sulfone groups is 1. The van der Waals surface area contributed by atoms with Crippen LogP contribution in [0.2, 0.25) is 0 Å². The van der Waals surface area contributed by atoms with Crippen LogP contribution in [0.4, 0.5) is 22.0 Å². The average molecular weight is 456 g/mol. The summed E-state index contributed by atoms with van der Waals surface area (Å²) in [4.78, 5) is 12.5. The Morgan fingerprint density at radius 1 is 1.09 bits per heavy atom. The van der Waals surface area contributed by atoms with Gasteiger partial charge in [0.1, 0.15) is 17.5 Å². The molecule has 4 rings (SSSR count). The summed E-state index contributed by atoms with van der Waals surface area (Å²) in [6, 6.07) is 6.33. The lowest BCUT2D eigenvalue weighted by atomic mass is 10.1. The van der Waals surface area contributed by atoms with Crippen LogP contribution >= 0.6 is 0 Å². The number of hydrogen-bond acceptors (Lipinski definition) is 8. The normalized spacial score (nSPS) is 12.3. The molecule has 0 amide bonds. The first-order valence-corrected chi connectivity index (χ1v) is 11.2. The summed E-state index contributed by atoms with van der Waals surface area (Å²) >= 11 is 0. The largest absolute Gasteiger partial charge is 0.368 e. The Morgan fingerprint density at radius 3 is 2.56 bits per heavy atom. The summed E-state index contributed by atoms with van der Waals surface area (Å²) in [7, 11) is -3.59. The minimum atomic E-state index is -3.59. The van der Waals surface area contributed by atoms with E-state index in [4.69, 9.17) is 5.73 Å². The van der Waals surface area contributed by atoms with Gasteiger partial charge in [0.05, 0.1) is 21.2 Å². The Balaban J connectivity index is 1.85. The number of nitrogen functional groups attached to an aromatic ring is 1. The Labute approximate surface area is 184 Å². The maximum atomic E-state index is 13.7. The molecule has 4 N–H and O–H groups in total. The van der Waals surface area contributed by atoms with E-state index in [1.807, 2.05) is 13.0 Å². The molecule has 0 aliphatic rings. The van der Waals surface area contributed by atoms with Crippen LogP contribution in [0.25, 0.3) is 22.2 Å². The summed E-state index contributed by atoms with van der Waals surface area (Å²) < 4.78 is 38.8. The number of pyridine rings is 1. The van der Waals surface area contributed by atoms with Gasteiger partial charge >= 0.3 is 0 Å². The van der Waals surface area contributed by atoms with Crippen molar-refractivity contribution in [3.63, 3.8) is 0 Å². The molecule has 3 aromatic heterocycles. The number of nitrogens with one attached hydrogen (secondary N) is 2. The van der Waals surface area contributed by atoms with Gasteiger partial charge in [0.2, 0.25) is 5.95 Å². The molecule has 32 heavy (non-hydrogen) atoms. The zero-order valence-electron chi connectivity index (χ0n) is 17.9. The second-order valence-electron chi connectivity index (χ2n) is 8.39. The number of rotatable bonds is 4. The first-order chi connectivity index (χ1) is 15.0. The van der Waals surface area contributed by atoms with E-state index in [1.54, 1.807) is 32.9 Å². The summed E-state index contributed by atoms with van der Waals surface area (Å²) in [6.45, 7) is 6.77. The van der Waals surface area contributed by atoms with E-state index in [1.165, 1.54) is 12.3 Å². The van der Waals surface area contributed by atoms with Crippen molar-refractivity contribution in [2.75, 3.05) is 11.1 Å². The number of nitrogens with two attached hydrogens (primary N) is 1. The molecule has 0 aliphatic heterocycles. The van der Waals surface area contributed by atoms with Crippen LogP contribution in [0.3, 0.4) is 0 Å². The smallest absolute Gasteiger partial charge is 0.221 e. The SMILES string of the molecule is Cc1cc(-c2cnc(N)nc2Nc2[nH]nc3ncc(F)cc23)cc(S(=O)(=O)C(C)(C)C)c1. The first kappa shape index (κ1) is 21.6. The van der Waals surface area contributed by atoms with Crippen LogP contribution in [0.15, 0.2) is 41.6 Å². The number of aromatic nitrogens is 5. The lowest BCUT2D eigenvalue weighted by Gasteiger charge is -2.20. The van der Waals surface area contributed by atoms with E-state index >= 15 is 0 Å². The predicted octanol–water partition coefficient (Wildman–Crippen LogP) is 3.76. The fourth-order valence-electron chi connectivity index (χ4n) is 3.20. The third-order valence-corrected chi connectivity index (χ3v) is 7.37. The lowest BCUT2D eigenvalue weighted by molar-refractivity contribution is 0.560. The summed E-state index contributed by atoms with van der Waals surface area (Å²) in [5, 5.41) is 10.3. The number of hydrogen-bond donors (Lipinski definition) is 3. The molecule has 9 nitrogen and oxygen atoms in total. The highest BCUT2D eigenvalue weighted by atomic mass is 32.2. The Bertz CT molecular complexity index is 1440. The lowest BCUT2D eigenvalue weighted by Crippen LogP contribution is -2.28. The molecular formula is C21H22FN7O2S. The van der Waals surface area contributed by atoms with E-state index < -0.39 is 20.4 Å². The van der Waals surface area contributed by atoms with Crippen molar-refractivity contribution >= 4 is 38.5 Å². The van der Waals surface area contributed by atoms with Gasteiger partial charge in [0, 0.05) is 11.8 Å². The van der Waals surface area contributed by atoms with Crippen molar-refractivity contribution in [3.05, 3.63) is 48.0 Å². The number of nitrogens with zero attached hydrogens (tertiary/aromatic N) is 4. The van der Waals surface area contributed by atoms with Crippen LogP contribution in [0.1, 0.15) is 26.3 Å². The topological polar surface area (TPSA) is 140 Å². The third-order valence-electron chi connectivity index (χ3n) is 4.91. The zero-order chi connectivity index (χ0) is 23.3. The molecule has 0 unspecified atom stereocenters. The number of aryl methyl sites for hydroxylation is 1. The molecule has 3 heterocycles. The van der Waals surface area contributed by atoms with E-state index in [9.17, 15) is 12.8 Å². The molecule has 0 saturated heterocycles. The molecule has 4 aromatic rings. The van der Waals surface area contributed by atoms with Gasteiger partial charge in [-0.05, 0) is 57.0 Å². The summed E-state index contributed by atoms with van der Waals surface area (Å²) in [5.74, 6) is 0.165. The third kappa shape index (κ3) is 3.86. The Morgan fingerprint density at radius 2 is 1.84 bits per heavy atom. The average Bonchev–Trinajstić information content (AvgIpc) is 3.08. The van der Waals surface area contributed by atoms with Crippen LogP contribution in [-0.2, 0) is 9.84 Å². The van der Waals surface area contributed by atoms with Crippen molar-refractivity contribution in [2.45, 2.75) is 37.3 Å². The number of anilines is 3. The standard InChI is InChI=1S/C21H22FN7O2S/c1-11-5-12(7-14(6-11)32(30,31)21(2,3)4)16-10-25-20(23)27-18(16)26-19-15-8-13(22)9-24-17(15)28-29-19/h5-10H,1-4H3,(H4,23,24,25,26,27,28,29). The van der Waals surface area contributed by atoms with Gasteiger partial charge in [-0.1, -0.05) is 6.07 Å². The highest BCUT2D eigenvalue weighted by Crippen LogP contribution is 2.34. The van der Waals surface area contributed by atoms with Crippen LogP contribution < -0.4 is 11.1 Å². The molecular weight excluding hydrogens is 433 g/mol. The monoisotopic (exact) mass is 455 g/mol. The van der Waals surface area contributed by atoms with Gasteiger partial charge in [0.15, 0.2) is 15.5 Å². The molecule has 0 atom stereocenters. The highest BCUT2D eigenvalue weighted by Gasteiger charge is 2.31. The molecule has 11 heteroatoms. The molecule has 0 radical (unpaired) electrons. The van der Waals surface area contributed by atoms with Crippen molar-refractivity contribution < 1.29 is 12.8 Å². The van der Waals surface area contributed by atoms with E-state index in [-0.39, 0.29) is 10.8 Å². The van der Waals surface area contributed by atoms with Crippen molar-refractivity contribution in [2.24, 2.45) is 0 Å². The number of benzene rings is 1. The molecule has 1 aromatic carbocycles. The maximum Gasteiger partial charge on any atom is 0.221 e. The second kappa shape index (κ2) is 7.52. The van der Waals surface area contributed by atoms with Gasteiger partial charge in [-0.25, -0.2) is 22.8 Å². The molecule has 0 aliphatic carbocycles. The Kier molecular flexibility index (Phi) is 5.08. The number of aromatic amines is 1. The Hall–Kier alpha value is -3.60. The maximum absolute atomic E-state index is 13.7. The quantitative estimate of drug-likeness (QED) is 0.423. The molecule has 0 spiro atoms. The highest BCUT2D eigenvalue weighted by molar-refractivity contribution is 7.92. The minimum Gasteiger partial charge on any atom is -0.368 e. The van der Waals surface area contributed by atoms with Gasteiger partial charge < -0.3 is 11.1 Å². The van der Waals surface area contributed by atoms with Gasteiger partial charge in [-0.15, -0.1) is 0 Å². The second-order valence-corrected chi connectivity index (χ2v) is 11.1. The van der Waals surface area contributed by atoms with Crippen LogP contribution in [0, 0.1) is 12.7 Å². The van der Waals surface area contributed by atoms with E-state index in [0.29, 0.717) is 33.8 Å². The van der Waals surface area contributed by atoms with Crippen LogP contribution in [-0.4, -0.2) is 38.3 Å². The van der Waals surface area contributed by atoms with Crippen LogP contribution in [0.5, 0.6) is 0 Å². The molecule has 0 fully saturated rings. The summed E-state index contributed by atoms with van der Waals surface area (Å²) in [5.41, 5.74) is 7.98. The number of H-pyrrole nitrogens is 1. The van der Waals surface area contributed by atoms with Gasteiger partial charge in [0.25, 0.3) is 0 Å². The zero-order valence-corrected chi connectivity index (χ0v) is 18.7. The van der Waals surface area contributed by atoms with Crippen molar-refractivity contribution in [3.8, 4) is 11.1 Å².